The van der Waals surface area contributed by atoms with Crippen molar-refractivity contribution in [1.29, 1.82) is 0 Å². The first-order valence-corrected chi connectivity index (χ1v) is 9.55. The molecular weight excluding hydrogens is 334 g/mol. The number of rotatable bonds is 3. The summed E-state index contributed by atoms with van der Waals surface area (Å²) in [5, 5.41) is 1.05. The Labute approximate surface area is 160 Å². The molecule has 1 aliphatic carbocycles. The highest BCUT2D eigenvalue weighted by Gasteiger charge is 2.35. The Balaban J connectivity index is 1.83. The average molecular weight is 361 g/mol. The maximum absolute atomic E-state index is 6.87. The van der Waals surface area contributed by atoms with E-state index in [0.29, 0.717) is 0 Å². The van der Waals surface area contributed by atoms with Gasteiger partial charge in [0, 0.05) is 43.0 Å². The summed E-state index contributed by atoms with van der Waals surface area (Å²) in [6, 6.07) is 14.8. The van der Waals surface area contributed by atoms with E-state index in [2.05, 4.69) is 46.3 Å². The standard InChI is InChI=1S/C22H27N5/c1-27(2)17-7-5-15(6-8-17)19-14-20-18(4-3-13-25-20)21(26-19)22(24)11-9-16(23)10-12-22/h3-8,13-14,16H,9-12,23-24H2,1-2H3. The van der Waals surface area contributed by atoms with Crippen LogP contribution in [0, 0.1) is 0 Å². The summed E-state index contributed by atoms with van der Waals surface area (Å²) in [6.45, 7) is 0. The maximum atomic E-state index is 6.87. The van der Waals surface area contributed by atoms with Crippen LogP contribution in [0.15, 0.2) is 48.7 Å². The summed E-state index contributed by atoms with van der Waals surface area (Å²) in [4.78, 5) is 11.7. The van der Waals surface area contributed by atoms with E-state index in [9.17, 15) is 0 Å². The molecule has 1 saturated carbocycles. The summed E-state index contributed by atoms with van der Waals surface area (Å²) in [5.41, 5.74) is 17.6. The van der Waals surface area contributed by atoms with Gasteiger partial charge >= 0.3 is 0 Å². The predicted molar refractivity (Wildman–Crippen MR) is 112 cm³/mol. The molecule has 1 aromatic carbocycles. The van der Waals surface area contributed by atoms with Crippen LogP contribution < -0.4 is 16.4 Å². The number of pyridine rings is 2. The lowest BCUT2D eigenvalue weighted by molar-refractivity contribution is 0.274. The van der Waals surface area contributed by atoms with Crippen LogP contribution in [0.2, 0.25) is 0 Å². The number of aromatic nitrogens is 2. The summed E-state index contributed by atoms with van der Waals surface area (Å²) < 4.78 is 0. The molecule has 0 amide bonds. The van der Waals surface area contributed by atoms with Crippen LogP contribution in [0.3, 0.4) is 0 Å². The fourth-order valence-electron chi connectivity index (χ4n) is 3.93. The second kappa shape index (κ2) is 6.91. The van der Waals surface area contributed by atoms with E-state index in [1.165, 1.54) is 0 Å². The molecule has 5 nitrogen and oxygen atoms in total. The third kappa shape index (κ3) is 3.40. The van der Waals surface area contributed by atoms with Crippen molar-refractivity contribution in [3.05, 3.63) is 54.4 Å². The zero-order valence-electron chi connectivity index (χ0n) is 16.0. The van der Waals surface area contributed by atoms with E-state index in [-0.39, 0.29) is 6.04 Å². The molecule has 0 unspecified atom stereocenters. The van der Waals surface area contributed by atoms with Crippen molar-refractivity contribution in [3.63, 3.8) is 0 Å². The summed E-state index contributed by atoms with van der Waals surface area (Å²) in [6.07, 6.45) is 5.40. The molecule has 4 rings (SSSR count). The molecule has 2 aromatic heterocycles. The number of anilines is 1. The molecule has 0 radical (unpaired) electrons. The van der Waals surface area contributed by atoms with Gasteiger partial charge in [-0.15, -0.1) is 0 Å². The molecule has 0 aliphatic heterocycles. The summed E-state index contributed by atoms with van der Waals surface area (Å²) >= 11 is 0. The smallest absolute Gasteiger partial charge is 0.0742 e. The van der Waals surface area contributed by atoms with E-state index in [1.807, 2.05) is 26.4 Å². The van der Waals surface area contributed by atoms with Gasteiger partial charge in [0.1, 0.15) is 0 Å². The van der Waals surface area contributed by atoms with Gasteiger partial charge in [0.2, 0.25) is 0 Å². The fourth-order valence-corrected chi connectivity index (χ4v) is 3.93. The normalized spacial score (nSPS) is 22.7. The van der Waals surface area contributed by atoms with Crippen molar-refractivity contribution in [2.45, 2.75) is 37.3 Å². The van der Waals surface area contributed by atoms with Gasteiger partial charge < -0.3 is 16.4 Å². The number of benzene rings is 1. The lowest BCUT2D eigenvalue weighted by Crippen LogP contribution is -2.44. The van der Waals surface area contributed by atoms with E-state index in [1.54, 1.807) is 0 Å². The third-order valence-electron chi connectivity index (χ3n) is 5.67. The lowest BCUT2D eigenvalue weighted by atomic mass is 9.77. The Morgan fingerprint density at radius 2 is 1.78 bits per heavy atom. The molecule has 2 heterocycles. The second-order valence-corrected chi connectivity index (χ2v) is 7.86. The number of hydrogen-bond acceptors (Lipinski definition) is 5. The van der Waals surface area contributed by atoms with Crippen LogP contribution in [0.1, 0.15) is 31.4 Å². The zero-order valence-corrected chi connectivity index (χ0v) is 16.0. The van der Waals surface area contributed by atoms with Gasteiger partial charge in [-0.3, -0.25) is 9.97 Å². The highest BCUT2D eigenvalue weighted by atomic mass is 15.1. The minimum Gasteiger partial charge on any atom is -0.378 e. The highest BCUT2D eigenvalue weighted by Crippen LogP contribution is 2.38. The van der Waals surface area contributed by atoms with Gasteiger partial charge in [-0.2, -0.15) is 0 Å². The Morgan fingerprint density at radius 3 is 2.44 bits per heavy atom. The van der Waals surface area contributed by atoms with Crippen molar-refractivity contribution in [2.75, 3.05) is 19.0 Å². The van der Waals surface area contributed by atoms with Crippen LogP contribution in [0.5, 0.6) is 0 Å². The number of nitrogens with two attached hydrogens (primary N) is 2. The first kappa shape index (κ1) is 17.9. The van der Waals surface area contributed by atoms with Crippen molar-refractivity contribution in [1.82, 2.24) is 9.97 Å². The van der Waals surface area contributed by atoms with E-state index >= 15 is 0 Å². The van der Waals surface area contributed by atoms with Crippen molar-refractivity contribution in [2.24, 2.45) is 11.5 Å². The van der Waals surface area contributed by atoms with Gasteiger partial charge in [-0.1, -0.05) is 12.1 Å². The minimum atomic E-state index is -0.448. The molecule has 0 saturated heterocycles. The molecule has 1 fully saturated rings. The Morgan fingerprint density at radius 1 is 1.07 bits per heavy atom. The Hall–Kier alpha value is -2.50. The molecule has 0 atom stereocenters. The quantitative estimate of drug-likeness (QED) is 0.747. The third-order valence-corrected chi connectivity index (χ3v) is 5.67. The minimum absolute atomic E-state index is 0.243. The number of nitrogens with zero attached hydrogens (tertiary/aromatic N) is 3. The molecule has 4 N–H and O–H groups in total. The molecule has 5 heteroatoms. The first-order valence-electron chi connectivity index (χ1n) is 9.55. The largest absolute Gasteiger partial charge is 0.378 e. The molecule has 0 spiro atoms. The Bertz CT molecular complexity index is 941. The van der Waals surface area contributed by atoms with Gasteiger partial charge in [0.05, 0.1) is 22.4 Å². The zero-order chi connectivity index (χ0) is 19.0. The van der Waals surface area contributed by atoms with Crippen LogP contribution in [0.4, 0.5) is 5.69 Å². The van der Waals surface area contributed by atoms with Gasteiger partial charge in [-0.25, -0.2) is 0 Å². The highest BCUT2D eigenvalue weighted by molar-refractivity contribution is 5.85. The van der Waals surface area contributed by atoms with Crippen LogP contribution in [0.25, 0.3) is 22.2 Å². The van der Waals surface area contributed by atoms with Crippen molar-refractivity contribution in [3.8, 4) is 11.3 Å². The van der Waals surface area contributed by atoms with E-state index in [4.69, 9.17) is 16.5 Å². The molecule has 1 aliphatic rings. The topological polar surface area (TPSA) is 81.1 Å². The fraction of sp³-hybridized carbons (Fsp3) is 0.364. The van der Waals surface area contributed by atoms with Crippen LogP contribution in [-0.2, 0) is 5.54 Å². The predicted octanol–water partition coefficient (Wildman–Crippen LogP) is 3.42. The van der Waals surface area contributed by atoms with Gasteiger partial charge in [0.25, 0.3) is 0 Å². The summed E-state index contributed by atoms with van der Waals surface area (Å²) in [5.74, 6) is 0. The van der Waals surface area contributed by atoms with E-state index < -0.39 is 5.54 Å². The van der Waals surface area contributed by atoms with Crippen LogP contribution in [-0.4, -0.2) is 30.1 Å². The maximum Gasteiger partial charge on any atom is 0.0742 e. The lowest BCUT2D eigenvalue weighted by Gasteiger charge is -2.36. The van der Waals surface area contributed by atoms with Crippen molar-refractivity contribution >= 4 is 16.6 Å². The average Bonchev–Trinajstić information content (AvgIpc) is 2.69. The number of fused-ring (bicyclic) bond motifs is 1. The van der Waals surface area contributed by atoms with Crippen molar-refractivity contribution < 1.29 is 0 Å². The van der Waals surface area contributed by atoms with Gasteiger partial charge in [-0.05, 0) is 56.0 Å². The molecule has 0 bridgehead atoms. The van der Waals surface area contributed by atoms with Gasteiger partial charge in [0.15, 0.2) is 0 Å². The molecular formula is C22H27N5. The van der Waals surface area contributed by atoms with E-state index in [0.717, 1.165) is 59.2 Å². The molecule has 140 valence electrons. The second-order valence-electron chi connectivity index (χ2n) is 7.86. The summed E-state index contributed by atoms with van der Waals surface area (Å²) in [7, 11) is 4.08. The SMILES string of the molecule is CN(C)c1ccc(-c2cc3ncccc3c(C3(N)CCC(N)CC3)n2)cc1. The molecule has 27 heavy (non-hydrogen) atoms. The number of hydrogen-bond donors (Lipinski definition) is 2. The first-order chi connectivity index (χ1) is 13.0. The van der Waals surface area contributed by atoms with Crippen LogP contribution >= 0.6 is 0 Å². The Kier molecular flexibility index (Phi) is 4.58. The molecule has 3 aromatic rings. The monoisotopic (exact) mass is 361 g/mol.